The predicted molar refractivity (Wildman–Crippen MR) is 99.5 cm³/mol. The highest BCUT2D eigenvalue weighted by Crippen LogP contribution is 2.27. The van der Waals surface area contributed by atoms with Crippen LogP contribution in [0.25, 0.3) is 0 Å². The van der Waals surface area contributed by atoms with Gasteiger partial charge in [-0.1, -0.05) is 6.92 Å². The van der Waals surface area contributed by atoms with E-state index in [1.165, 1.54) is 28.5 Å². The maximum atomic E-state index is 12.7. The Bertz CT molecular complexity index is 690. The van der Waals surface area contributed by atoms with E-state index < -0.39 is 10.0 Å². The van der Waals surface area contributed by atoms with E-state index in [4.69, 9.17) is 0 Å². The van der Waals surface area contributed by atoms with Crippen molar-refractivity contribution >= 4 is 27.3 Å². The van der Waals surface area contributed by atoms with Crippen LogP contribution in [0.15, 0.2) is 16.3 Å². The summed E-state index contributed by atoms with van der Waals surface area (Å²) in [5.74, 6) is 0.0710. The molecule has 3 heterocycles. The molecule has 1 unspecified atom stereocenters. The number of thiophene rings is 1. The minimum atomic E-state index is -3.55. The lowest BCUT2D eigenvalue weighted by Gasteiger charge is -2.20. The first-order valence-corrected chi connectivity index (χ1v) is 11.4. The summed E-state index contributed by atoms with van der Waals surface area (Å²) >= 11 is 1.20. The Labute approximate surface area is 154 Å². The van der Waals surface area contributed by atoms with Crippen LogP contribution in [0.2, 0.25) is 0 Å². The molecule has 140 valence electrons. The second-order valence-electron chi connectivity index (χ2n) is 7.05. The van der Waals surface area contributed by atoms with Crippen molar-refractivity contribution in [3.63, 3.8) is 0 Å². The molecule has 0 aromatic carbocycles. The molecule has 25 heavy (non-hydrogen) atoms. The van der Waals surface area contributed by atoms with Gasteiger partial charge in [-0.3, -0.25) is 4.79 Å². The molecule has 6 nitrogen and oxygen atoms in total. The Hall–Kier alpha value is -0.960. The van der Waals surface area contributed by atoms with E-state index in [1.54, 1.807) is 11.4 Å². The van der Waals surface area contributed by atoms with Crippen LogP contribution >= 0.6 is 11.3 Å². The van der Waals surface area contributed by atoms with Crippen LogP contribution in [-0.4, -0.2) is 62.8 Å². The van der Waals surface area contributed by atoms with Gasteiger partial charge in [0, 0.05) is 26.2 Å². The quantitative estimate of drug-likeness (QED) is 0.779. The second-order valence-corrected chi connectivity index (χ2v) is 9.87. The molecule has 1 atom stereocenters. The van der Waals surface area contributed by atoms with Crippen LogP contribution in [0.3, 0.4) is 0 Å². The first kappa shape index (κ1) is 18.8. The fourth-order valence-corrected chi connectivity index (χ4v) is 6.39. The number of carbonyl (C=O) groups excluding carboxylic acids is 1. The van der Waals surface area contributed by atoms with Crippen LogP contribution in [0, 0.1) is 5.92 Å². The van der Waals surface area contributed by atoms with Gasteiger partial charge in [0.05, 0.1) is 0 Å². The molecule has 1 N–H and O–H groups in total. The number of amides is 1. The third-order valence-corrected chi connectivity index (χ3v) is 7.88. The first-order chi connectivity index (χ1) is 12.0. The van der Waals surface area contributed by atoms with E-state index in [1.807, 2.05) is 0 Å². The minimum absolute atomic E-state index is 0.157. The molecule has 1 aromatic heterocycles. The first-order valence-electron chi connectivity index (χ1n) is 9.06. The maximum Gasteiger partial charge on any atom is 0.262 e. The standard InChI is InChI=1S/C17H27N3O3S2/c1-14(13-19-7-2-3-8-19)12-18-17(21)16-15(6-11-24-16)25(22,23)20-9-4-5-10-20/h6,11,14H,2-5,7-10,12-13H2,1H3,(H,18,21). The van der Waals surface area contributed by atoms with Crippen LogP contribution in [0.1, 0.15) is 42.3 Å². The number of sulfonamides is 1. The van der Waals surface area contributed by atoms with Crippen molar-refractivity contribution in [3.05, 3.63) is 16.3 Å². The van der Waals surface area contributed by atoms with Gasteiger partial charge in [0.25, 0.3) is 5.91 Å². The maximum absolute atomic E-state index is 12.7. The zero-order chi connectivity index (χ0) is 17.9. The van der Waals surface area contributed by atoms with Gasteiger partial charge >= 0.3 is 0 Å². The van der Waals surface area contributed by atoms with E-state index in [0.29, 0.717) is 30.4 Å². The number of nitrogens with zero attached hydrogens (tertiary/aromatic N) is 2. The Balaban J connectivity index is 1.60. The summed E-state index contributed by atoms with van der Waals surface area (Å²) in [5.41, 5.74) is 0. The summed E-state index contributed by atoms with van der Waals surface area (Å²) in [4.78, 5) is 15.4. The normalized spacial score (nSPS) is 20.8. The van der Waals surface area contributed by atoms with Gasteiger partial charge in [0.2, 0.25) is 10.0 Å². The molecule has 0 bridgehead atoms. The van der Waals surface area contributed by atoms with Gasteiger partial charge in [0.15, 0.2) is 0 Å². The molecule has 2 aliphatic rings. The molecular weight excluding hydrogens is 358 g/mol. The highest BCUT2D eigenvalue weighted by Gasteiger charge is 2.31. The van der Waals surface area contributed by atoms with E-state index in [2.05, 4.69) is 17.1 Å². The fourth-order valence-electron chi connectivity index (χ4n) is 3.55. The van der Waals surface area contributed by atoms with Gasteiger partial charge in [-0.25, -0.2) is 8.42 Å². The zero-order valence-electron chi connectivity index (χ0n) is 14.7. The van der Waals surface area contributed by atoms with E-state index >= 15 is 0 Å². The molecule has 2 saturated heterocycles. The molecule has 0 radical (unpaired) electrons. The van der Waals surface area contributed by atoms with Crippen molar-refractivity contribution in [2.45, 2.75) is 37.5 Å². The molecule has 1 aromatic rings. The number of carbonyl (C=O) groups is 1. The summed E-state index contributed by atoms with van der Waals surface area (Å²) in [6, 6.07) is 1.56. The molecule has 2 fully saturated rings. The number of hydrogen-bond acceptors (Lipinski definition) is 5. The highest BCUT2D eigenvalue weighted by atomic mass is 32.2. The third kappa shape index (κ3) is 4.42. The Morgan fingerprint density at radius 1 is 1.20 bits per heavy atom. The molecule has 8 heteroatoms. The average Bonchev–Trinajstić information content (AvgIpc) is 3.33. The minimum Gasteiger partial charge on any atom is -0.351 e. The monoisotopic (exact) mass is 385 g/mol. The average molecular weight is 386 g/mol. The lowest BCUT2D eigenvalue weighted by molar-refractivity contribution is 0.0946. The molecule has 2 aliphatic heterocycles. The van der Waals surface area contributed by atoms with Gasteiger partial charge in [-0.2, -0.15) is 4.31 Å². The van der Waals surface area contributed by atoms with Gasteiger partial charge in [0.1, 0.15) is 9.77 Å². The van der Waals surface area contributed by atoms with Crippen LogP contribution in [0.4, 0.5) is 0 Å². The van der Waals surface area contributed by atoms with E-state index in [0.717, 1.165) is 32.5 Å². The van der Waals surface area contributed by atoms with Gasteiger partial charge < -0.3 is 10.2 Å². The zero-order valence-corrected chi connectivity index (χ0v) is 16.4. The van der Waals surface area contributed by atoms with Gasteiger partial charge in [-0.15, -0.1) is 11.3 Å². The lowest BCUT2D eigenvalue weighted by Crippen LogP contribution is -2.35. The third-order valence-electron chi connectivity index (χ3n) is 4.90. The van der Waals surface area contributed by atoms with E-state index in [-0.39, 0.29) is 10.8 Å². The van der Waals surface area contributed by atoms with Crippen molar-refractivity contribution in [2.75, 3.05) is 39.3 Å². The summed E-state index contributed by atoms with van der Waals surface area (Å²) < 4.78 is 27.0. The van der Waals surface area contributed by atoms with Crippen LogP contribution in [-0.2, 0) is 10.0 Å². The van der Waals surface area contributed by atoms with Crippen molar-refractivity contribution in [3.8, 4) is 0 Å². The SMILES string of the molecule is CC(CNC(=O)c1sccc1S(=O)(=O)N1CCCC1)CN1CCCC1. The molecule has 0 spiro atoms. The van der Waals surface area contributed by atoms with Crippen molar-refractivity contribution in [1.82, 2.24) is 14.5 Å². The Morgan fingerprint density at radius 2 is 1.84 bits per heavy atom. The van der Waals surface area contributed by atoms with Gasteiger partial charge in [-0.05, 0) is 56.1 Å². The summed E-state index contributed by atoms with van der Waals surface area (Å²) in [6.45, 7) is 7.04. The summed E-state index contributed by atoms with van der Waals surface area (Å²) in [7, 11) is -3.55. The molecular formula is C17H27N3O3S2. The second kappa shape index (κ2) is 8.16. The van der Waals surface area contributed by atoms with E-state index in [9.17, 15) is 13.2 Å². The van der Waals surface area contributed by atoms with Crippen molar-refractivity contribution < 1.29 is 13.2 Å². The fraction of sp³-hybridized carbons (Fsp3) is 0.706. The topological polar surface area (TPSA) is 69.7 Å². The molecule has 3 rings (SSSR count). The molecule has 1 amide bonds. The van der Waals surface area contributed by atoms with Crippen LogP contribution < -0.4 is 5.32 Å². The lowest BCUT2D eigenvalue weighted by atomic mass is 10.1. The Morgan fingerprint density at radius 3 is 2.52 bits per heavy atom. The highest BCUT2D eigenvalue weighted by molar-refractivity contribution is 7.89. The van der Waals surface area contributed by atoms with Crippen LogP contribution in [0.5, 0.6) is 0 Å². The molecule has 0 aliphatic carbocycles. The van der Waals surface area contributed by atoms with Crippen molar-refractivity contribution in [2.24, 2.45) is 5.92 Å². The Kier molecular flexibility index (Phi) is 6.14. The number of likely N-dealkylation sites (tertiary alicyclic amines) is 1. The molecule has 0 saturated carbocycles. The number of rotatable bonds is 7. The number of hydrogen-bond donors (Lipinski definition) is 1. The number of nitrogens with one attached hydrogen (secondary N) is 1. The van der Waals surface area contributed by atoms with Crippen molar-refractivity contribution in [1.29, 1.82) is 0 Å². The summed E-state index contributed by atoms with van der Waals surface area (Å²) in [5, 5.41) is 4.61. The smallest absolute Gasteiger partial charge is 0.262 e. The predicted octanol–water partition coefficient (Wildman–Crippen LogP) is 1.99. The summed E-state index contributed by atoms with van der Waals surface area (Å²) in [6.07, 6.45) is 4.29. The largest absolute Gasteiger partial charge is 0.351 e.